The van der Waals surface area contributed by atoms with Crippen LogP contribution in [0.25, 0.3) is 0 Å². The molecule has 2 nitrogen and oxygen atoms in total. The van der Waals surface area contributed by atoms with Gasteiger partial charge in [-0.25, -0.2) is 9.38 Å². The van der Waals surface area contributed by atoms with E-state index in [1.165, 1.54) is 6.07 Å². The molecule has 0 radical (unpaired) electrons. The number of halogens is 1. The first-order valence-corrected chi connectivity index (χ1v) is 9.46. The Labute approximate surface area is 163 Å². The molecule has 0 N–H and O–H groups in total. The lowest BCUT2D eigenvalue weighted by atomic mass is 10.2. The van der Waals surface area contributed by atoms with Gasteiger partial charge in [0.05, 0.1) is 5.69 Å². The van der Waals surface area contributed by atoms with E-state index >= 15 is 0 Å². The number of hydrogen-bond acceptors (Lipinski definition) is 3. The molecule has 0 aromatic heterocycles. The normalized spacial score (nSPS) is 11.7. The van der Waals surface area contributed by atoms with E-state index in [1.807, 2.05) is 66.9 Å². The summed E-state index contributed by atoms with van der Waals surface area (Å²) in [7, 11) is 0. The zero-order valence-corrected chi connectivity index (χ0v) is 16.0. The van der Waals surface area contributed by atoms with Gasteiger partial charge in [0.1, 0.15) is 11.6 Å². The van der Waals surface area contributed by atoms with Gasteiger partial charge in [-0.2, -0.15) is 0 Å². The summed E-state index contributed by atoms with van der Waals surface area (Å²) in [5.74, 6) is 0.803. The number of nitrogens with zero attached hydrogens (tertiary/aromatic N) is 1. The van der Waals surface area contributed by atoms with Gasteiger partial charge in [0.15, 0.2) is 0 Å². The number of ether oxygens (including phenoxy) is 1. The second kappa shape index (κ2) is 9.19. The highest BCUT2D eigenvalue weighted by molar-refractivity contribution is 8.02. The Bertz CT molecular complexity index is 967. The highest BCUT2D eigenvalue weighted by Gasteiger charge is 2.03. The highest BCUT2D eigenvalue weighted by Crippen LogP contribution is 2.21. The summed E-state index contributed by atoms with van der Waals surface area (Å²) < 4.78 is 19.8. The number of hydrogen-bond donors (Lipinski definition) is 0. The number of rotatable bonds is 5. The number of benzene rings is 3. The average molecular weight is 377 g/mol. The fourth-order valence-corrected chi connectivity index (χ4v) is 3.00. The zero-order chi connectivity index (χ0) is 19.1. The molecule has 0 aliphatic rings. The van der Waals surface area contributed by atoms with Crippen LogP contribution in [0, 0.1) is 19.7 Å². The maximum atomic E-state index is 13.9. The van der Waals surface area contributed by atoms with E-state index in [4.69, 9.17) is 4.74 Å². The molecule has 0 fully saturated rings. The third-order valence-corrected chi connectivity index (χ3v) is 4.58. The summed E-state index contributed by atoms with van der Waals surface area (Å²) in [5, 5.41) is 1.91. The predicted octanol–water partition coefficient (Wildman–Crippen LogP) is 6.86. The van der Waals surface area contributed by atoms with E-state index < -0.39 is 0 Å². The first-order valence-electron chi connectivity index (χ1n) is 8.58. The largest absolute Gasteiger partial charge is 0.439 e. The summed E-state index contributed by atoms with van der Waals surface area (Å²) in [6.45, 7) is 3.73. The second-order valence-electron chi connectivity index (χ2n) is 6.04. The van der Waals surface area contributed by atoms with Crippen molar-refractivity contribution < 1.29 is 9.13 Å². The van der Waals surface area contributed by atoms with Crippen LogP contribution in [0.5, 0.6) is 5.75 Å². The molecular formula is C23H20FNOS. The van der Waals surface area contributed by atoms with Gasteiger partial charge in [0, 0.05) is 11.0 Å². The molecule has 3 aromatic carbocycles. The summed E-state index contributed by atoms with van der Waals surface area (Å²) in [4.78, 5) is 5.59. The summed E-state index contributed by atoms with van der Waals surface area (Å²) in [6, 6.07) is 22.6. The number of aliphatic imine (C=N–C) groups is 1. The smallest absolute Gasteiger partial charge is 0.220 e. The van der Waals surface area contributed by atoms with Crippen molar-refractivity contribution in [2.75, 3.05) is 0 Å². The average Bonchev–Trinajstić information content (AvgIpc) is 2.65. The van der Waals surface area contributed by atoms with E-state index in [2.05, 4.69) is 4.99 Å². The van der Waals surface area contributed by atoms with Crippen LogP contribution in [-0.4, -0.2) is 5.90 Å². The van der Waals surface area contributed by atoms with Crippen LogP contribution in [0.3, 0.4) is 0 Å². The van der Waals surface area contributed by atoms with Crippen LogP contribution in [0.4, 0.5) is 10.1 Å². The van der Waals surface area contributed by atoms with E-state index in [-0.39, 0.29) is 5.82 Å². The van der Waals surface area contributed by atoms with Crippen molar-refractivity contribution in [1.82, 2.24) is 0 Å². The van der Waals surface area contributed by atoms with Crippen molar-refractivity contribution in [3.63, 3.8) is 0 Å². The molecule has 0 atom stereocenters. The third kappa shape index (κ3) is 5.83. The topological polar surface area (TPSA) is 21.6 Å². The minimum atomic E-state index is -0.284. The van der Waals surface area contributed by atoms with Gasteiger partial charge in [0.2, 0.25) is 5.90 Å². The van der Waals surface area contributed by atoms with Crippen molar-refractivity contribution >= 4 is 23.3 Å². The summed E-state index contributed by atoms with van der Waals surface area (Å²) in [6.07, 6.45) is 1.79. The molecule has 3 rings (SSSR count). The zero-order valence-electron chi connectivity index (χ0n) is 15.2. The second-order valence-corrected chi connectivity index (χ2v) is 7.02. The molecule has 0 unspecified atom stereocenters. The lowest BCUT2D eigenvalue weighted by molar-refractivity contribution is 0.555. The quantitative estimate of drug-likeness (QED) is 0.275. The first-order chi connectivity index (χ1) is 13.1. The molecule has 0 heterocycles. The van der Waals surface area contributed by atoms with Gasteiger partial charge in [-0.3, -0.25) is 0 Å². The Kier molecular flexibility index (Phi) is 6.44. The molecular weight excluding hydrogens is 357 g/mol. The molecule has 0 aliphatic carbocycles. The van der Waals surface area contributed by atoms with Crippen LogP contribution in [-0.2, 0) is 0 Å². The molecule has 136 valence electrons. The minimum absolute atomic E-state index is 0.284. The Morgan fingerprint density at radius 2 is 1.78 bits per heavy atom. The van der Waals surface area contributed by atoms with E-state index in [0.29, 0.717) is 22.9 Å². The van der Waals surface area contributed by atoms with E-state index in [9.17, 15) is 4.39 Å². The van der Waals surface area contributed by atoms with Crippen LogP contribution in [0.2, 0.25) is 0 Å². The molecule has 4 heteroatoms. The Hall–Kier alpha value is -2.85. The van der Waals surface area contributed by atoms with Crippen molar-refractivity contribution in [1.29, 1.82) is 0 Å². The summed E-state index contributed by atoms with van der Waals surface area (Å²) >= 11 is 1.56. The molecule has 0 aliphatic heterocycles. The summed E-state index contributed by atoms with van der Waals surface area (Å²) in [5.41, 5.74) is 2.19. The maximum Gasteiger partial charge on any atom is 0.220 e. The van der Waals surface area contributed by atoms with Crippen molar-refractivity contribution in [3.05, 3.63) is 101 Å². The molecule has 0 spiro atoms. The number of thioether (sulfide) groups is 1. The van der Waals surface area contributed by atoms with Gasteiger partial charge < -0.3 is 4.74 Å². The molecule has 27 heavy (non-hydrogen) atoms. The van der Waals surface area contributed by atoms with Crippen molar-refractivity contribution in [2.24, 2.45) is 4.99 Å². The SMILES string of the molecule is Cc1cccc(OC(C=CSc2ccccc2)=Nc2ccc(C)c(F)c2)c1. The van der Waals surface area contributed by atoms with Crippen LogP contribution < -0.4 is 4.74 Å². The van der Waals surface area contributed by atoms with Crippen molar-refractivity contribution in [2.45, 2.75) is 18.7 Å². The molecule has 0 saturated heterocycles. The monoisotopic (exact) mass is 377 g/mol. The van der Waals surface area contributed by atoms with Crippen LogP contribution >= 0.6 is 11.8 Å². The van der Waals surface area contributed by atoms with Gasteiger partial charge in [0.25, 0.3) is 0 Å². The first kappa shape index (κ1) is 18.9. The van der Waals surface area contributed by atoms with Crippen LogP contribution in [0.15, 0.2) is 94.2 Å². The predicted molar refractivity (Wildman–Crippen MR) is 111 cm³/mol. The van der Waals surface area contributed by atoms with Crippen molar-refractivity contribution in [3.8, 4) is 5.75 Å². The molecule has 0 bridgehead atoms. The van der Waals surface area contributed by atoms with E-state index in [0.717, 1.165) is 10.5 Å². The maximum absolute atomic E-state index is 13.9. The minimum Gasteiger partial charge on any atom is -0.439 e. The van der Waals surface area contributed by atoms with Gasteiger partial charge >= 0.3 is 0 Å². The van der Waals surface area contributed by atoms with Crippen LogP contribution in [0.1, 0.15) is 11.1 Å². The lowest BCUT2D eigenvalue weighted by Crippen LogP contribution is -2.04. The van der Waals surface area contributed by atoms with Gasteiger partial charge in [-0.15, -0.1) is 0 Å². The number of aryl methyl sites for hydroxylation is 2. The van der Waals surface area contributed by atoms with Gasteiger partial charge in [-0.1, -0.05) is 48.2 Å². The molecule has 0 amide bonds. The fourth-order valence-electron chi connectivity index (χ4n) is 2.34. The highest BCUT2D eigenvalue weighted by atomic mass is 32.2. The Balaban J connectivity index is 1.85. The third-order valence-electron chi connectivity index (χ3n) is 3.76. The standard InChI is InChI=1S/C23H20FNOS/c1-17-7-6-8-20(15-17)26-23(13-14-27-21-9-4-3-5-10-21)25-19-12-11-18(2)22(24)16-19/h3-16H,1-2H3. The van der Waals surface area contributed by atoms with E-state index in [1.54, 1.807) is 36.9 Å². The fraction of sp³-hybridized carbons (Fsp3) is 0.0870. The Morgan fingerprint density at radius 1 is 0.963 bits per heavy atom. The molecule has 3 aromatic rings. The Morgan fingerprint density at radius 3 is 2.52 bits per heavy atom. The molecule has 0 saturated carbocycles. The van der Waals surface area contributed by atoms with Gasteiger partial charge in [-0.05, 0) is 66.8 Å². The lowest BCUT2D eigenvalue weighted by Gasteiger charge is -2.07.